The van der Waals surface area contributed by atoms with Gasteiger partial charge in [0.1, 0.15) is 0 Å². The van der Waals surface area contributed by atoms with Crippen molar-refractivity contribution < 1.29 is 5.11 Å². The molecule has 1 rings (SSSR count). The van der Waals surface area contributed by atoms with E-state index in [0.717, 1.165) is 19.6 Å². The van der Waals surface area contributed by atoms with Crippen LogP contribution in [0.5, 0.6) is 0 Å². The van der Waals surface area contributed by atoms with Crippen LogP contribution < -0.4 is 0 Å². The van der Waals surface area contributed by atoms with Crippen LogP contribution >= 0.6 is 0 Å². The molecule has 0 spiro atoms. The van der Waals surface area contributed by atoms with E-state index < -0.39 is 0 Å². The molecule has 116 valence electrons. The maximum absolute atomic E-state index is 8.80. The molecule has 0 unspecified atom stereocenters. The van der Waals surface area contributed by atoms with Crippen LogP contribution in [0.1, 0.15) is 33.3 Å². The third-order valence-corrected chi connectivity index (χ3v) is 3.45. The Balaban J connectivity index is 0.000000441. The summed E-state index contributed by atoms with van der Waals surface area (Å²) in [7, 11) is 0. The quantitative estimate of drug-likeness (QED) is 0.793. The van der Waals surface area contributed by atoms with Gasteiger partial charge in [-0.1, -0.05) is 58.0 Å². The van der Waals surface area contributed by atoms with Crippen LogP contribution in [0.2, 0.25) is 0 Å². The molecular weight excluding hydrogens is 248 g/mol. The van der Waals surface area contributed by atoms with Gasteiger partial charge in [-0.15, -0.1) is 0 Å². The highest BCUT2D eigenvalue weighted by atomic mass is 16.3. The van der Waals surface area contributed by atoms with Gasteiger partial charge in [-0.2, -0.15) is 0 Å². The molecule has 1 aromatic carbocycles. The molecular formula is C17H32N2O. The minimum Gasteiger partial charge on any atom is -0.395 e. The molecule has 3 nitrogen and oxygen atoms in total. The summed E-state index contributed by atoms with van der Waals surface area (Å²) < 4.78 is 0. The first-order valence-electron chi connectivity index (χ1n) is 7.81. The lowest BCUT2D eigenvalue weighted by molar-refractivity contribution is 0.197. The van der Waals surface area contributed by atoms with E-state index in [1.165, 1.54) is 25.2 Å². The molecule has 0 atom stereocenters. The molecule has 0 amide bonds. The van der Waals surface area contributed by atoms with E-state index in [1.807, 2.05) is 18.2 Å². The van der Waals surface area contributed by atoms with Gasteiger partial charge in [-0.05, 0) is 31.7 Å². The number of benzene rings is 1. The van der Waals surface area contributed by atoms with Gasteiger partial charge in [0.15, 0.2) is 0 Å². The molecule has 0 saturated carbocycles. The Hall–Kier alpha value is -0.900. The molecule has 0 radical (unpaired) electrons. The van der Waals surface area contributed by atoms with Crippen molar-refractivity contribution in [2.24, 2.45) is 0 Å². The average molecular weight is 280 g/mol. The predicted molar refractivity (Wildman–Crippen MR) is 87.9 cm³/mol. The molecule has 0 aliphatic heterocycles. The predicted octanol–water partition coefficient (Wildman–Crippen LogP) is 2.85. The lowest BCUT2D eigenvalue weighted by atomic mass is 10.2. The highest BCUT2D eigenvalue weighted by Crippen LogP contribution is 2.03. The Morgan fingerprint density at radius 3 is 1.65 bits per heavy atom. The van der Waals surface area contributed by atoms with Gasteiger partial charge in [0.25, 0.3) is 0 Å². The van der Waals surface area contributed by atoms with E-state index in [4.69, 9.17) is 5.11 Å². The van der Waals surface area contributed by atoms with Gasteiger partial charge < -0.3 is 10.0 Å². The summed E-state index contributed by atoms with van der Waals surface area (Å²) in [6.45, 7) is 15.1. The smallest absolute Gasteiger partial charge is 0.0558 e. The van der Waals surface area contributed by atoms with Gasteiger partial charge >= 0.3 is 0 Å². The summed E-state index contributed by atoms with van der Waals surface area (Å²) >= 11 is 0. The number of hydrogen-bond acceptors (Lipinski definition) is 3. The maximum atomic E-state index is 8.80. The number of aliphatic hydroxyl groups excluding tert-OH is 1. The van der Waals surface area contributed by atoms with Crippen LogP contribution in [0, 0.1) is 0 Å². The molecule has 0 bridgehead atoms. The Morgan fingerprint density at radius 1 is 0.800 bits per heavy atom. The fourth-order valence-corrected chi connectivity index (χ4v) is 2.00. The van der Waals surface area contributed by atoms with Crippen LogP contribution in [0.15, 0.2) is 30.3 Å². The number of rotatable bonds is 8. The summed E-state index contributed by atoms with van der Waals surface area (Å²) in [6.07, 6.45) is 0. The van der Waals surface area contributed by atoms with Gasteiger partial charge in [0.2, 0.25) is 0 Å². The van der Waals surface area contributed by atoms with Crippen molar-refractivity contribution in [1.29, 1.82) is 0 Å². The highest BCUT2D eigenvalue weighted by Gasteiger charge is 2.01. The van der Waals surface area contributed by atoms with Crippen LogP contribution in [-0.2, 0) is 6.54 Å². The molecule has 3 heteroatoms. The standard InChI is InChI=1S/C11H17NO.C6H15N/c1-2-12(8-9-13)10-11-6-4-3-5-7-11;1-4-7(5-2)6-3/h3-7,13H,2,8-10H2,1H3;4-6H2,1-3H3. The summed E-state index contributed by atoms with van der Waals surface area (Å²) in [5.74, 6) is 0. The van der Waals surface area contributed by atoms with Gasteiger partial charge in [-0.25, -0.2) is 0 Å². The Bertz CT molecular complexity index is 294. The third kappa shape index (κ3) is 9.08. The number of nitrogens with zero attached hydrogens (tertiary/aromatic N) is 2. The zero-order valence-electron chi connectivity index (χ0n) is 13.7. The number of hydrogen-bond donors (Lipinski definition) is 1. The Labute approximate surface area is 125 Å². The van der Waals surface area contributed by atoms with E-state index in [0.29, 0.717) is 0 Å². The lowest BCUT2D eigenvalue weighted by Crippen LogP contribution is -2.25. The van der Waals surface area contributed by atoms with Crippen molar-refractivity contribution in [3.8, 4) is 0 Å². The van der Waals surface area contributed by atoms with Gasteiger partial charge in [0.05, 0.1) is 6.61 Å². The number of aliphatic hydroxyl groups is 1. The average Bonchev–Trinajstić information content (AvgIpc) is 2.50. The first-order valence-corrected chi connectivity index (χ1v) is 7.81. The van der Waals surface area contributed by atoms with Gasteiger partial charge in [-0.3, -0.25) is 4.90 Å². The second kappa shape index (κ2) is 13.1. The fourth-order valence-electron chi connectivity index (χ4n) is 2.00. The second-order valence-corrected chi connectivity index (χ2v) is 4.70. The monoisotopic (exact) mass is 280 g/mol. The van der Waals surface area contributed by atoms with Crippen LogP contribution in [-0.4, -0.2) is 54.2 Å². The first-order chi connectivity index (χ1) is 9.71. The lowest BCUT2D eigenvalue weighted by Gasteiger charge is -2.18. The molecule has 0 aromatic heterocycles. The summed E-state index contributed by atoms with van der Waals surface area (Å²) in [5, 5.41) is 8.80. The zero-order chi connectivity index (χ0) is 15.2. The van der Waals surface area contributed by atoms with E-state index >= 15 is 0 Å². The molecule has 0 heterocycles. The Morgan fingerprint density at radius 2 is 1.30 bits per heavy atom. The van der Waals surface area contributed by atoms with E-state index in [2.05, 4.69) is 49.6 Å². The van der Waals surface area contributed by atoms with E-state index in [1.54, 1.807) is 0 Å². The van der Waals surface area contributed by atoms with Crippen molar-refractivity contribution in [3.63, 3.8) is 0 Å². The SMILES string of the molecule is CCN(CC)CC.CCN(CCO)Cc1ccccc1. The molecule has 1 aromatic rings. The number of likely N-dealkylation sites (N-methyl/N-ethyl adjacent to an activating group) is 1. The molecule has 0 saturated heterocycles. The van der Waals surface area contributed by atoms with Crippen molar-refractivity contribution in [1.82, 2.24) is 9.80 Å². The zero-order valence-corrected chi connectivity index (χ0v) is 13.7. The summed E-state index contributed by atoms with van der Waals surface area (Å²) in [4.78, 5) is 4.59. The van der Waals surface area contributed by atoms with Gasteiger partial charge in [0, 0.05) is 13.1 Å². The third-order valence-electron chi connectivity index (χ3n) is 3.45. The maximum Gasteiger partial charge on any atom is 0.0558 e. The van der Waals surface area contributed by atoms with E-state index in [9.17, 15) is 0 Å². The molecule has 0 aliphatic rings. The topological polar surface area (TPSA) is 26.7 Å². The van der Waals surface area contributed by atoms with Crippen LogP contribution in [0.25, 0.3) is 0 Å². The minimum atomic E-state index is 0.237. The van der Waals surface area contributed by atoms with Crippen molar-refractivity contribution in [3.05, 3.63) is 35.9 Å². The molecule has 20 heavy (non-hydrogen) atoms. The summed E-state index contributed by atoms with van der Waals surface area (Å²) in [6, 6.07) is 10.3. The Kier molecular flexibility index (Phi) is 12.5. The largest absolute Gasteiger partial charge is 0.395 e. The second-order valence-electron chi connectivity index (χ2n) is 4.70. The molecule has 0 fully saturated rings. The molecule has 0 aliphatic carbocycles. The van der Waals surface area contributed by atoms with Crippen LogP contribution in [0.4, 0.5) is 0 Å². The van der Waals surface area contributed by atoms with Crippen molar-refractivity contribution in [2.75, 3.05) is 39.3 Å². The minimum absolute atomic E-state index is 0.237. The van der Waals surface area contributed by atoms with Crippen LogP contribution in [0.3, 0.4) is 0 Å². The molecule has 1 N–H and O–H groups in total. The fraction of sp³-hybridized carbons (Fsp3) is 0.647. The first kappa shape index (κ1) is 19.1. The summed E-state index contributed by atoms with van der Waals surface area (Å²) in [5.41, 5.74) is 1.30. The van der Waals surface area contributed by atoms with Crippen molar-refractivity contribution >= 4 is 0 Å². The highest BCUT2D eigenvalue weighted by molar-refractivity contribution is 5.14. The normalized spacial score (nSPS) is 10.6. The van der Waals surface area contributed by atoms with Crippen molar-refractivity contribution in [2.45, 2.75) is 34.2 Å². The van der Waals surface area contributed by atoms with E-state index in [-0.39, 0.29) is 6.61 Å².